The molecule has 0 saturated carbocycles. The SMILES string of the molecule is Cc1nn(C)c(Sc2cccc(Cl)c2)c1C(N)=NO. The van der Waals surface area contributed by atoms with E-state index in [9.17, 15) is 0 Å². The second-order valence-corrected chi connectivity index (χ2v) is 5.43. The maximum absolute atomic E-state index is 8.85. The molecule has 7 heteroatoms. The van der Waals surface area contributed by atoms with E-state index >= 15 is 0 Å². The molecule has 1 aromatic heterocycles. The predicted octanol–water partition coefficient (Wildman–Crippen LogP) is 2.63. The maximum atomic E-state index is 8.85. The van der Waals surface area contributed by atoms with Gasteiger partial charge in [0.05, 0.1) is 11.3 Å². The molecule has 19 heavy (non-hydrogen) atoms. The molecule has 0 unspecified atom stereocenters. The van der Waals surface area contributed by atoms with Gasteiger partial charge in [-0.05, 0) is 25.1 Å². The highest BCUT2D eigenvalue weighted by Crippen LogP contribution is 2.32. The number of nitrogens with zero attached hydrogens (tertiary/aromatic N) is 3. The number of nitrogens with two attached hydrogens (primary N) is 1. The summed E-state index contributed by atoms with van der Waals surface area (Å²) in [4.78, 5) is 0.961. The fraction of sp³-hybridized carbons (Fsp3) is 0.167. The van der Waals surface area contributed by atoms with Gasteiger partial charge in [0.15, 0.2) is 5.84 Å². The second kappa shape index (κ2) is 5.54. The van der Waals surface area contributed by atoms with Crippen molar-refractivity contribution in [3.8, 4) is 0 Å². The lowest BCUT2D eigenvalue weighted by Crippen LogP contribution is -2.14. The van der Waals surface area contributed by atoms with Crippen LogP contribution in [0.3, 0.4) is 0 Å². The molecular formula is C12H13ClN4OS. The van der Waals surface area contributed by atoms with Crippen LogP contribution in [0.4, 0.5) is 0 Å². The Hall–Kier alpha value is -1.66. The van der Waals surface area contributed by atoms with E-state index in [1.54, 1.807) is 4.68 Å². The van der Waals surface area contributed by atoms with Gasteiger partial charge in [-0.2, -0.15) is 5.10 Å². The van der Waals surface area contributed by atoms with Gasteiger partial charge in [0.1, 0.15) is 5.03 Å². The summed E-state index contributed by atoms with van der Waals surface area (Å²) in [7, 11) is 1.81. The summed E-state index contributed by atoms with van der Waals surface area (Å²) in [5.41, 5.74) is 7.04. The molecule has 2 aromatic rings. The molecule has 0 atom stereocenters. The summed E-state index contributed by atoms with van der Waals surface area (Å²) < 4.78 is 1.70. The van der Waals surface area contributed by atoms with Gasteiger partial charge in [-0.1, -0.05) is 34.6 Å². The van der Waals surface area contributed by atoms with Crippen LogP contribution in [-0.4, -0.2) is 20.8 Å². The molecule has 0 aliphatic rings. The fourth-order valence-electron chi connectivity index (χ4n) is 1.74. The molecule has 1 heterocycles. The second-order valence-electron chi connectivity index (χ2n) is 3.93. The van der Waals surface area contributed by atoms with Crippen LogP contribution < -0.4 is 5.73 Å². The quantitative estimate of drug-likeness (QED) is 0.395. The summed E-state index contributed by atoms with van der Waals surface area (Å²) in [5, 5.41) is 17.7. The number of oxime groups is 1. The first-order chi connectivity index (χ1) is 9.02. The van der Waals surface area contributed by atoms with Crippen molar-refractivity contribution in [1.82, 2.24) is 9.78 Å². The molecule has 0 fully saturated rings. The number of aryl methyl sites for hydroxylation is 2. The summed E-state index contributed by atoms with van der Waals surface area (Å²) in [6, 6.07) is 7.47. The molecule has 0 aliphatic heterocycles. The third-order valence-electron chi connectivity index (χ3n) is 2.54. The third kappa shape index (κ3) is 2.85. The standard InChI is InChI=1S/C12H13ClN4OS/c1-7-10(11(14)16-18)12(17(2)15-7)19-9-5-3-4-8(13)6-9/h3-6,18H,1-2H3,(H2,14,16). The summed E-state index contributed by atoms with van der Waals surface area (Å²) in [6.07, 6.45) is 0. The van der Waals surface area contributed by atoms with Crippen LogP contribution >= 0.6 is 23.4 Å². The van der Waals surface area contributed by atoms with Crippen molar-refractivity contribution in [2.45, 2.75) is 16.8 Å². The lowest BCUT2D eigenvalue weighted by atomic mass is 10.2. The van der Waals surface area contributed by atoms with Crippen LogP contribution in [0, 0.1) is 6.92 Å². The van der Waals surface area contributed by atoms with Crippen molar-refractivity contribution in [1.29, 1.82) is 0 Å². The molecule has 5 nitrogen and oxygen atoms in total. The zero-order valence-corrected chi connectivity index (χ0v) is 12.0. The number of halogens is 1. The summed E-state index contributed by atoms with van der Waals surface area (Å²) >= 11 is 7.43. The molecular weight excluding hydrogens is 284 g/mol. The first-order valence-corrected chi connectivity index (χ1v) is 6.67. The monoisotopic (exact) mass is 296 g/mol. The zero-order chi connectivity index (χ0) is 14.0. The van der Waals surface area contributed by atoms with E-state index in [0.29, 0.717) is 16.3 Å². The summed E-state index contributed by atoms with van der Waals surface area (Å²) in [6.45, 7) is 1.81. The van der Waals surface area contributed by atoms with Crippen molar-refractivity contribution < 1.29 is 5.21 Å². The van der Waals surface area contributed by atoms with Gasteiger partial charge in [0, 0.05) is 17.0 Å². The third-order valence-corrected chi connectivity index (χ3v) is 3.93. The van der Waals surface area contributed by atoms with E-state index in [4.69, 9.17) is 22.5 Å². The molecule has 100 valence electrons. The lowest BCUT2D eigenvalue weighted by molar-refractivity contribution is 0.318. The van der Waals surface area contributed by atoms with E-state index in [2.05, 4.69) is 10.3 Å². The minimum Gasteiger partial charge on any atom is -0.409 e. The van der Waals surface area contributed by atoms with E-state index < -0.39 is 0 Å². The first kappa shape index (κ1) is 13.8. The molecule has 2 rings (SSSR count). The molecule has 1 aromatic carbocycles. The molecule has 3 N–H and O–H groups in total. The number of hydrogen-bond donors (Lipinski definition) is 2. The molecule has 0 bridgehead atoms. The molecule has 0 radical (unpaired) electrons. The molecule has 0 spiro atoms. The number of amidine groups is 1. The van der Waals surface area contributed by atoms with Gasteiger partial charge >= 0.3 is 0 Å². The Morgan fingerprint density at radius 3 is 2.89 bits per heavy atom. The van der Waals surface area contributed by atoms with Crippen LogP contribution in [0.25, 0.3) is 0 Å². The number of rotatable bonds is 3. The average molecular weight is 297 g/mol. The number of hydrogen-bond acceptors (Lipinski definition) is 4. The van der Waals surface area contributed by atoms with E-state index in [-0.39, 0.29) is 5.84 Å². The van der Waals surface area contributed by atoms with Gasteiger partial charge in [-0.25, -0.2) is 0 Å². The average Bonchev–Trinajstić information content (AvgIpc) is 2.63. The van der Waals surface area contributed by atoms with E-state index in [1.165, 1.54) is 11.8 Å². The predicted molar refractivity (Wildman–Crippen MR) is 76.0 cm³/mol. The maximum Gasteiger partial charge on any atom is 0.174 e. The van der Waals surface area contributed by atoms with Gasteiger partial charge in [0.25, 0.3) is 0 Å². The Bertz CT molecular complexity index is 639. The Kier molecular flexibility index (Phi) is 4.01. The Morgan fingerprint density at radius 2 is 2.26 bits per heavy atom. The van der Waals surface area contributed by atoms with Gasteiger partial charge < -0.3 is 10.9 Å². The number of benzene rings is 1. The van der Waals surface area contributed by atoms with Crippen molar-refractivity contribution in [3.05, 3.63) is 40.5 Å². The van der Waals surface area contributed by atoms with E-state index in [1.807, 2.05) is 38.2 Å². The first-order valence-electron chi connectivity index (χ1n) is 5.48. The highest BCUT2D eigenvalue weighted by atomic mass is 35.5. The highest BCUT2D eigenvalue weighted by molar-refractivity contribution is 7.99. The molecule has 0 saturated heterocycles. The van der Waals surface area contributed by atoms with Crippen LogP contribution in [0.1, 0.15) is 11.3 Å². The van der Waals surface area contributed by atoms with Crippen LogP contribution in [0.2, 0.25) is 5.02 Å². The van der Waals surface area contributed by atoms with Gasteiger partial charge in [0.2, 0.25) is 0 Å². The number of aromatic nitrogens is 2. The smallest absolute Gasteiger partial charge is 0.174 e. The highest BCUT2D eigenvalue weighted by Gasteiger charge is 2.18. The normalized spacial score (nSPS) is 11.8. The lowest BCUT2D eigenvalue weighted by Gasteiger charge is -2.05. The topological polar surface area (TPSA) is 76.4 Å². The molecule has 0 amide bonds. The van der Waals surface area contributed by atoms with Crippen molar-refractivity contribution >= 4 is 29.2 Å². The Labute approximate surface area is 120 Å². The van der Waals surface area contributed by atoms with Crippen molar-refractivity contribution in [3.63, 3.8) is 0 Å². The van der Waals surface area contributed by atoms with Crippen LogP contribution in [0.15, 0.2) is 39.3 Å². The minimum absolute atomic E-state index is 0.0510. The Morgan fingerprint density at radius 1 is 1.53 bits per heavy atom. The van der Waals surface area contributed by atoms with Crippen molar-refractivity contribution in [2.24, 2.45) is 17.9 Å². The molecule has 0 aliphatic carbocycles. The van der Waals surface area contributed by atoms with Crippen LogP contribution in [0.5, 0.6) is 0 Å². The zero-order valence-electron chi connectivity index (χ0n) is 10.5. The van der Waals surface area contributed by atoms with Crippen molar-refractivity contribution in [2.75, 3.05) is 0 Å². The van der Waals surface area contributed by atoms with E-state index in [0.717, 1.165) is 9.92 Å². The minimum atomic E-state index is 0.0510. The van der Waals surface area contributed by atoms with Gasteiger partial charge in [-0.15, -0.1) is 0 Å². The Balaban J connectivity index is 2.45. The summed E-state index contributed by atoms with van der Waals surface area (Å²) in [5.74, 6) is 0.0510. The van der Waals surface area contributed by atoms with Gasteiger partial charge in [-0.3, -0.25) is 4.68 Å². The van der Waals surface area contributed by atoms with Crippen LogP contribution in [-0.2, 0) is 7.05 Å². The fourth-order valence-corrected chi connectivity index (χ4v) is 3.08. The largest absolute Gasteiger partial charge is 0.409 e.